The van der Waals surface area contributed by atoms with Crippen LogP contribution in [0.25, 0.3) is 0 Å². The van der Waals surface area contributed by atoms with E-state index in [4.69, 9.17) is 14.2 Å². The summed E-state index contributed by atoms with van der Waals surface area (Å²) in [4.78, 5) is 28.6. The van der Waals surface area contributed by atoms with Gasteiger partial charge in [0, 0.05) is 26.1 Å². The maximum atomic E-state index is 13.4. The average molecular weight is 473 g/mol. The van der Waals surface area contributed by atoms with Crippen molar-refractivity contribution in [2.75, 3.05) is 33.6 Å². The quantitative estimate of drug-likeness (QED) is 0.637. The number of amides is 3. The molecule has 3 amide bonds. The highest BCUT2D eigenvalue weighted by Crippen LogP contribution is 2.39. The highest BCUT2D eigenvalue weighted by Gasteiger charge is 2.35. The fraction of sp³-hybridized carbons (Fsp3) is 0.435. The maximum Gasteiger partial charge on any atom is 0.318 e. The first-order valence-corrected chi connectivity index (χ1v) is 11.7. The van der Waals surface area contributed by atoms with E-state index in [0.717, 1.165) is 16.2 Å². The van der Waals surface area contributed by atoms with Crippen molar-refractivity contribution in [1.29, 1.82) is 0 Å². The number of rotatable bonds is 8. The Hall–Kier alpha value is -3.11. The predicted molar refractivity (Wildman–Crippen MR) is 125 cm³/mol. The Balaban J connectivity index is 1.58. The van der Waals surface area contributed by atoms with Gasteiger partial charge in [0.05, 0.1) is 23.2 Å². The third-order valence-corrected chi connectivity index (χ3v) is 6.26. The molecule has 0 aliphatic carbocycles. The number of fused-ring (bicyclic) bond motifs is 1. The second-order valence-electron chi connectivity index (χ2n) is 8.11. The number of nitrogens with one attached hydrogen (secondary N) is 1. The summed E-state index contributed by atoms with van der Waals surface area (Å²) in [7, 11) is 1.56. The van der Waals surface area contributed by atoms with Crippen molar-refractivity contribution in [3.05, 3.63) is 46.2 Å². The third-order valence-electron chi connectivity index (χ3n) is 5.34. The summed E-state index contributed by atoms with van der Waals surface area (Å²) in [6.45, 7) is 4.45. The van der Waals surface area contributed by atoms with E-state index in [2.05, 4.69) is 10.4 Å². The molecule has 0 saturated carbocycles. The molecule has 1 aromatic heterocycles. The van der Waals surface area contributed by atoms with Gasteiger partial charge in [-0.3, -0.25) is 4.79 Å². The number of hydrogen-bond donors (Lipinski definition) is 1. The van der Waals surface area contributed by atoms with Gasteiger partial charge >= 0.3 is 6.03 Å². The smallest absolute Gasteiger partial charge is 0.318 e. The number of thiophene rings is 1. The molecule has 1 atom stereocenters. The minimum absolute atomic E-state index is 0.0470. The molecular weight excluding hydrogens is 444 g/mol. The molecule has 2 aliphatic rings. The normalized spacial score (nSPS) is 16.8. The lowest BCUT2D eigenvalue weighted by molar-refractivity contribution is -0.133. The molecule has 0 unspecified atom stereocenters. The van der Waals surface area contributed by atoms with Gasteiger partial charge in [-0.2, -0.15) is 5.10 Å². The van der Waals surface area contributed by atoms with Crippen LogP contribution in [0.4, 0.5) is 4.79 Å². The summed E-state index contributed by atoms with van der Waals surface area (Å²) in [5.41, 5.74) is 1.74. The van der Waals surface area contributed by atoms with Crippen LogP contribution in [0, 0.1) is 0 Å². The van der Waals surface area contributed by atoms with Gasteiger partial charge in [-0.25, -0.2) is 9.80 Å². The van der Waals surface area contributed by atoms with Crippen molar-refractivity contribution in [2.45, 2.75) is 32.4 Å². The Bertz CT molecular complexity index is 1020. The highest BCUT2D eigenvalue weighted by atomic mass is 32.1. The van der Waals surface area contributed by atoms with Gasteiger partial charge in [0.2, 0.25) is 6.79 Å². The zero-order chi connectivity index (χ0) is 23.4. The minimum Gasteiger partial charge on any atom is -0.454 e. The molecule has 3 heterocycles. The van der Waals surface area contributed by atoms with Gasteiger partial charge in [0.15, 0.2) is 11.5 Å². The summed E-state index contributed by atoms with van der Waals surface area (Å²) < 4.78 is 16.1. The van der Waals surface area contributed by atoms with E-state index in [9.17, 15) is 9.59 Å². The van der Waals surface area contributed by atoms with Gasteiger partial charge < -0.3 is 24.4 Å². The van der Waals surface area contributed by atoms with Crippen LogP contribution in [0.5, 0.6) is 11.5 Å². The van der Waals surface area contributed by atoms with Crippen molar-refractivity contribution in [2.24, 2.45) is 5.10 Å². The second-order valence-corrected chi connectivity index (χ2v) is 9.06. The molecular formula is C23H28N4O5S. The first kappa shape index (κ1) is 23.1. The molecule has 0 spiro atoms. The van der Waals surface area contributed by atoms with Gasteiger partial charge in [-0.05, 0) is 43.0 Å². The van der Waals surface area contributed by atoms with Crippen LogP contribution in [-0.4, -0.2) is 67.2 Å². The van der Waals surface area contributed by atoms with E-state index in [-0.39, 0.29) is 37.4 Å². The van der Waals surface area contributed by atoms with Crippen LogP contribution in [0.15, 0.2) is 40.8 Å². The molecule has 1 aromatic carbocycles. The zero-order valence-electron chi connectivity index (χ0n) is 18.9. The van der Waals surface area contributed by atoms with E-state index in [1.165, 1.54) is 9.91 Å². The van der Waals surface area contributed by atoms with Crippen molar-refractivity contribution in [3.8, 4) is 11.5 Å². The molecule has 33 heavy (non-hydrogen) atoms. The average Bonchev–Trinajstić information content (AvgIpc) is 3.55. The standard InChI is InChI=1S/C23H28N4O5S/c1-15(2)24-23(29)26(8-9-30-3)13-22(28)27-18(12-17(25-27)21-5-4-10-33-21)16-6-7-19-20(11-16)32-14-31-19/h4-7,10-11,15,18H,8-9,12-14H2,1-3H3,(H,24,29)/t18-/m1/s1. The number of hydrazone groups is 1. The van der Waals surface area contributed by atoms with Crippen LogP contribution in [-0.2, 0) is 9.53 Å². The highest BCUT2D eigenvalue weighted by molar-refractivity contribution is 7.12. The van der Waals surface area contributed by atoms with Crippen LogP contribution in [0.2, 0.25) is 0 Å². The Kier molecular flexibility index (Phi) is 7.14. The van der Waals surface area contributed by atoms with Gasteiger partial charge in [-0.1, -0.05) is 12.1 Å². The molecule has 9 nitrogen and oxygen atoms in total. The van der Waals surface area contributed by atoms with E-state index in [0.29, 0.717) is 31.1 Å². The summed E-state index contributed by atoms with van der Waals surface area (Å²) in [5.74, 6) is 1.08. The monoisotopic (exact) mass is 472 g/mol. The summed E-state index contributed by atoms with van der Waals surface area (Å²) in [5, 5.41) is 11.0. The Morgan fingerprint density at radius 2 is 2.12 bits per heavy atom. The van der Waals surface area contributed by atoms with Crippen molar-refractivity contribution in [1.82, 2.24) is 15.2 Å². The zero-order valence-corrected chi connectivity index (χ0v) is 19.8. The van der Waals surface area contributed by atoms with Gasteiger partial charge in [0.1, 0.15) is 6.54 Å². The molecule has 0 bridgehead atoms. The number of hydrogen-bond acceptors (Lipinski definition) is 7. The molecule has 1 N–H and O–H groups in total. The second kappa shape index (κ2) is 10.2. The molecule has 2 aromatic rings. The van der Waals surface area contributed by atoms with E-state index < -0.39 is 0 Å². The minimum atomic E-state index is -0.309. The fourth-order valence-electron chi connectivity index (χ4n) is 3.74. The van der Waals surface area contributed by atoms with Crippen molar-refractivity contribution < 1.29 is 23.8 Å². The molecule has 4 rings (SSSR count). The number of carbonyl (C=O) groups is 2. The summed E-state index contributed by atoms with van der Waals surface area (Å²) >= 11 is 1.58. The largest absolute Gasteiger partial charge is 0.454 e. The molecule has 176 valence electrons. The van der Waals surface area contributed by atoms with Crippen molar-refractivity contribution in [3.63, 3.8) is 0 Å². The Morgan fingerprint density at radius 3 is 2.85 bits per heavy atom. The van der Waals surface area contributed by atoms with Crippen LogP contribution in [0.1, 0.15) is 36.8 Å². The van der Waals surface area contributed by atoms with Crippen LogP contribution < -0.4 is 14.8 Å². The fourth-order valence-corrected chi connectivity index (χ4v) is 4.46. The summed E-state index contributed by atoms with van der Waals surface area (Å²) in [6.07, 6.45) is 0.572. The SMILES string of the molecule is COCCN(CC(=O)N1N=C(c2cccs2)C[C@@H]1c1ccc2c(c1)OCO2)C(=O)NC(C)C. The molecule has 0 saturated heterocycles. The van der Waals surface area contributed by atoms with E-state index in [1.807, 2.05) is 49.6 Å². The number of urea groups is 1. The number of benzene rings is 1. The number of ether oxygens (including phenoxy) is 3. The van der Waals surface area contributed by atoms with Gasteiger partial charge in [0.25, 0.3) is 5.91 Å². The Labute approximate surface area is 196 Å². The van der Waals surface area contributed by atoms with Crippen LogP contribution >= 0.6 is 11.3 Å². The summed E-state index contributed by atoms with van der Waals surface area (Å²) in [6, 6.07) is 8.98. The first-order chi connectivity index (χ1) is 16.0. The number of carbonyl (C=O) groups excluding carboxylic acids is 2. The Morgan fingerprint density at radius 1 is 1.30 bits per heavy atom. The molecule has 0 radical (unpaired) electrons. The number of methoxy groups -OCH3 is 1. The molecule has 2 aliphatic heterocycles. The first-order valence-electron chi connectivity index (χ1n) is 10.8. The molecule has 0 fully saturated rings. The lowest BCUT2D eigenvalue weighted by Crippen LogP contribution is -2.48. The predicted octanol–water partition coefficient (Wildman–Crippen LogP) is 3.22. The van der Waals surface area contributed by atoms with Crippen molar-refractivity contribution >= 4 is 29.0 Å². The molecule has 10 heteroatoms. The maximum absolute atomic E-state index is 13.4. The lowest BCUT2D eigenvalue weighted by Gasteiger charge is -2.27. The van der Waals surface area contributed by atoms with Crippen LogP contribution in [0.3, 0.4) is 0 Å². The van der Waals surface area contributed by atoms with E-state index in [1.54, 1.807) is 18.4 Å². The van der Waals surface area contributed by atoms with E-state index >= 15 is 0 Å². The lowest BCUT2D eigenvalue weighted by atomic mass is 10.0. The third kappa shape index (κ3) is 5.28. The number of nitrogens with zero attached hydrogens (tertiary/aromatic N) is 3. The topological polar surface area (TPSA) is 92.7 Å². The van der Waals surface area contributed by atoms with Gasteiger partial charge in [-0.15, -0.1) is 11.3 Å².